The number of benzene rings is 1. The second kappa shape index (κ2) is 6.95. The molecule has 22 heavy (non-hydrogen) atoms. The van der Waals surface area contributed by atoms with Crippen LogP contribution in [0.3, 0.4) is 0 Å². The van der Waals surface area contributed by atoms with Gasteiger partial charge in [0.1, 0.15) is 0 Å². The lowest BCUT2D eigenvalue weighted by Crippen LogP contribution is -2.59. The van der Waals surface area contributed by atoms with Crippen LogP contribution in [0.5, 0.6) is 0 Å². The van der Waals surface area contributed by atoms with Gasteiger partial charge in [0.25, 0.3) is 0 Å². The van der Waals surface area contributed by atoms with Gasteiger partial charge in [-0.25, -0.2) is 0 Å². The molecule has 1 aromatic rings. The zero-order chi connectivity index (χ0) is 17.0. The minimum atomic E-state index is -0.481. The summed E-state index contributed by atoms with van der Waals surface area (Å²) in [7, 11) is 0. The molecule has 2 heteroatoms. The number of hydrogen-bond acceptors (Lipinski definition) is 2. The van der Waals surface area contributed by atoms with Crippen LogP contribution in [-0.4, -0.2) is 16.9 Å². The van der Waals surface area contributed by atoms with Gasteiger partial charge in [0.2, 0.25) is 0 Å². The smallest absolute Gasteiger partial charge is 0.157 e. The first kappa shape index (κ1) is 18.9. The molecule has 0 aliphatic heterocycles. The molecule has 1 N–H and O–H groups in total. The molecule has 0 fully saturated rings. The van der Waals surface area contributed by atoms with Gasteiger partial charge in [0, 0.05) is 11.0 Å². The zero-order valence-corrected chi connectivity index (χ0v) is 15.4. The molecule has 0 heterocycles. The molecule has 0 aliphatic carbocycles. The summed E-state index contributed by atoms with van der Waals surface area (Å²) >= 11 is 0. The molecule has 1 rings (SSSR count). The third-order valence-corrected chi connectivity index (χ3v) is 3.82. The third-order valence-electron chi connectivity index (χ3n) is 3.82. The third kappa shape index (κ3) is 5.92. The summed E-state index contributed by atoms with van der Waals surface area (Å²) in [5.74, 6) is 0.294. The average molecular weight is 303 g/mol. The van der Waals surface area contributed by atoms with Gasteiger partial charge in [0.15, 0.2) is 5.78 Å². The van der Waals surface area contributed by atoms with Gasteiger partial charge in [-0.15, -0.1) is 0 Å². The number of rotatable bonds is 6. The summed E-state index contributed by atoms with van der Waals surface area (Å²) in [4.78, 5) is 12.9. The lowest BCUT2D eigenvalue weighted by Gasteiger charge is -2.40. The Hall–Kier alpha value is -1.15. The molecule has 0 bridgehead atoms. The Balaban J connectivity index is 2.80. The highest BCUT2D eigenvalue weighted by molar-refractivity contribution is 5.92. The summed E-state index contributed by atoms with van der Waals surface area (Å²) in [6.07, 6.45) is 2.88. The highest BCUT2D eigenvalue weighted by atomic mass is 16.1. The number of nitrogens with one attached hydrogen (secondary N) is 1. The van der Waals surface area contributed by atoms with Crippen LogP contribution in [-0.2, 0) is 11.2 Å². The van der Waals surface area contributed by atoms with Gasteiger partial charge in [0.05, 0.1) is 5.54 Å². The van der Waals surface area contributed by atoms with E-state index in [1.807, 2.05) is 26.8 Å². The van der Waals surface area contributed by atoms with Crippen molar-refractivity contribution < 1.29 is 4.79 Å². The topological polar surface area (TPSA) is 29.1 Å². The largest absolute Gasteiger partial charge is 0.300 e. The molecule has 0 saturated carbocycles. The van der Waals surface area contributed by atoms with Crippen molar-refractivity contribution in [1.82, 2.24) is 5.32 Å². The second-order valence-corrected chi connectivity index (χ2v) is 8.63. The maximum Gasteiger partial charge on any atom is 0.157 e. The van der Waals surface area contributed by atoms with E-state index in [1.165, 1.54) is 5.56 Å². The Morgan fingerprint density at radius 3 is 1.95 bits per heavy atom. The molecular weight excluding hydrogens is 270 g/mol. The molecule has 124 valence electrons. The van der Waals surface area contributed by atoms with Crippen molar-refractivity contribution in [2.75, 3.05) is 0 Å². The van der Waals surface area contributed by atoms with Crippen molar-refractivity contribution >= 4 is 5.78 Å². The molecule has 0 spiro atoms. The number of carbonyl (C=O) groups excluding carboxylic acids is 1. The minimum Gasteiger partial charge on any atom is -0.300 e. The quantitative estimate of drug-likeness (QED) is 0.820. The van der Waals surface area contributed by atoms with E-state index in [4.69, 9.17) is 0 Å². The lowest BCUT2D eigenvalue weighted by atomic mass is 9.75. The van der Waals surface area contributed by atoms with Crippen LogP contribution in [0.15, 0.2) is 30.3 Å². The van der Waals surface area contributed by atoms with Crippen molar-refractivity contribution in [3.05, 3.63) is 35.9 Å². The van der Waals surface area contributed by atoms with Crippen molar-refractivity contribution in [1.29, 1.82) is 0 Å². The van der Waals surface area contributed by atoms with Gasteiger partial charge in [-0.05, 0) is 52.5 Å². The van der Waals surface area contributed by atoms with E-state index < -0.39 is 5.54 Å². The Labute approximate surface area is 136 Å². The van der Waals surface area contributed by atoms with Crippen molar-refractivity contribution in [2.24, 2.45) is 5.41 Å². The van der Waals surface area contributed by atoms with E-state index in [1.54, 1.807) is 0 Å². The van der Waals surface area contributed by atoms with Crippen LogP contribution in [0.4, 0.5) is 0 Å². The van der Waals surface area contributed by atoms with Crippen molar-refractivity contribution in [2.45, 2.75) is 78.8 Å². The summed E-state index contributed by atoms with van der Waals surface area (Å²) < 4.78 is 0. The normalized spacial score (nSPS) is 15.4. The number of hydrogen-bond donors (Lipinski definition) is 1. The Kier molecular flexibility index (Phi) is 5.97. The van der Waals surface area contributed by atoms with Crippen LogP contribution in [0.2, 0.25) is 0 Å². The predicted octanol–water partition coefficient (Wildman–Crippen LogP) is 4.77. The average Bonchev–Trinajstić information content (AvgIpc) is 2.36. The van der Waals surface area contributed by atoms with Crippen LogP contribution >= 0.6 is 0 Å². The van der Waals surface area contributed by atoms with Crippen LogP contribution in [0, 0.1) is 5.41 Å². The molecule has 0 aliphatic rings. The summed E-state index contributed by atoms with van der Waals surface area (Å²) in [6.45, 7) is 14.5. The van der Waals surface area contributed by atoms with E-state index in [0.29, 0.717) is 5.78 Å². The van der Waals surface area contributed by atoms with E-state index in [0.717, 1.165) is 19.3 Å². The van der Waals surface area contributed by atoms with Gasteiger partial charge >= 0.3 is 0 Å². The van der Waals surface area contributed by atoms with E-state index >= 15 is 0 Å². The number of ketones is 1. The second-order valence-electron chi connectivity index (χ2n) is 8.63. The molecule has 1 aromatic carbocycles. The first-order valence-electron chi connectivity index (χ1n) is 8.32. The van der Waals surface area contributed by atoms with Gasteiger partial charge in [-0.3, -0.25) is 4.79 Å². The Morgan fingerprint density at radius 1 is 0.955 bits per heavy atom. The van der Waals surface area contributed by atoms with Crippen molar-refractivity contribution in [3.63, 3.8) is 0 Å². The van der Waals surface area contributed by atoms with E-state index in [2.05, 4.69) is 57.3 Å². The molecule has 1 atom stereocenters. The fourth-order valence-corrected chi connectivity index (χ4v) is 3.18. The molecule has 0 radical (unpaired) electrons. The fourth-order valence-electron chi connectivity index (χ4n) is 3.18. The Morgan fingerprint density at radius 2 is 1.50 bits per heavy atom. The van der Waals surface area contributed by atoms with Crippen LogP contribution in [0.25, 0.3) is 0 Å². The zero-order valence-electron chi connectivity index (χ0n) is 15.4. The first-order valence-corrected chi connectivity index (χ1v) is 8.32. The number of carbonyl (C=O) groups is 1. The monoisotopic (exact) mass is 303 g/mol. The molecule has 0 amide bonds. The van der Waals surface area contributed by atoms with E-state index in [-0.39, 0.29) is 11.0 Å². The fraction of sp³-hybridized carbons (Fsp3) is 0.650. The molecule has 2 nitrogen and oxygen atoms in total. The van der Waals surface area contributed by atoms with E-state index in [9.17, 15) is 4.79 Å². The van der Waals surface area contributed by atoms with Gasteiger partial charge in [-0.2, -0.15) is 0 Å². The van der Waals surface area contributed by atoms with Gasteiger partial charge < -0.3 is 5.32 Å². The predicted molar refractivity (Wildman–Crippen MR) is 95.1 cm³/mol. The standard InChI is InChI=1S/C20H33NO/c1-18(2,3)17(22)20(7,21-19(4,5)6)15-11-14-16-12-9-8-10-13-16/h8-10,12-13,21H,11,14-15H2,1-7H3. The first-order chi connectivity index (χ1) is 9.94. The highest BCUT2D eigenvalue weighted by Gasteiger charge is 2.41. The number of aryl methyl sites for hydroxylation is 1. The highest BCUT2D eigenvalue weighted by Crippen LogP contribution is 2.29. The van der Waals surface area contributed by atoms with Crippen LogP contribution < -0.4 is 5.32 Å². The maximum atomic E-state index is 12.9. The Bertz CT molecular complexity index is 479. The lowest BCUT2D eigenvalue weighted by molar-refractivity contribution is -0.133. The summed E-state index contributed by atoms with van der Waals surface area (Å²) in [5.41, 5.74) is 0.441. The maximum absolute atomic E-state index is 12.9. The SMILES string of the molecule is CC(C)(C)NC(C)(CCCc1ccccc1)C(=O)C(C)(C)C. The molecular formula is C20H33NO. The summed E-state index contributed by atoms with van der Waals surface area (Å²) in [5, 5.41) is 3.58. The number of Topliss-reactive ketones (excluding diaryl/α,β-unsaturated/α-hetero) is 1. The summed E-state index contributed by atoms with van der Waals surface area (Å²) in [6, 6.07) is 10.5. The van der Waals surface area contributed by atoms with Crippen molar-refractivity contribution in [3.8, 4) is 0 Å². The molecule has 0 saturated heterocycles. The van der Waals surface area contributed by atoms with Gasteiger partial charge in [-0.1, -0.05) is 51.1 Å². The molecule has 1 unspecified atom stereocenters. The molecule has 0 aromatic heterocycles. The minimum absolute atomic E-state index is 0.0809. The van der Waals surface area contributed by atoms with Crippen LogP contribution in [0.1, 0.15) is 66.9 Å².